The van der Waals surface area contributed by atoms with Crippen molar-refractivity contribution in [3.8, 4) is 0 Å². The normalized spacial score (nSPS) is 21.2. The molecule has 0 bridgehead atoms. The smallest absolute Gasteiger partial charge is 0.269 e. The molecule has 8 nitrogen and oxygen atoms in total. The topological polar surface area (TPSA) is 113 Å². The van der Waals surface area contributed by atoms with Crippen LogP contribution in [0.3, 0.4) is 0 Å². The van der Waals surface area contributed by atoms with E-state index in [2.05, 4.69) is 0 Å². The van der Waals surface area contributed by atoms with Crippen LogP contribution in [0, 0.1) is 20.2 Å². The first-order chi connectivity index (χ1) is 13.5. The zero-order valence-electron chi connectivity index (χ0n) is 14.7. The van der Waals surface area contributed by atoms with E-state index >= 15 is 0 Å². The van der Waals surface area contributed by atoms with Gasteiger partial charge in [-0.15, -0.1) is 0 Å². The van der Waals surface area contributed by atoms with Crippen LogP contribution in [0.25, 0.3) is 0 Å². The fourth-order valence-electron chi connectivity index (χ4n) is 3.90. The highest BCUT2D eigenvalue weighted by atomic mass is 16.6. The lowest BCUT2D eigenvalue weighted by Gasteiger charge is -2.21. The highest BCUT2D eigenvalue weighted by Crippen LogP contribution is 2.51. The van der Waals surface area contributed by atoms with Crippen LogP contribution in [0.1, 0.15) is 42.4 Å². The molecule has 4 rings (SSSR count). The lowest BCUT2D eigenvalue weighted by molar-refractivity contribution is -0.385. The quantitative estimate of drug-likeness (QED) is 0.575. The number of allylic oxidation sites excluding steroid dienone is 1. The average Bonchev–Trinajstić information content (AvgIpc) is 3.09. The van der Waals surface area contributed by atoms with Gasteiger partial charge in [0, 0.05) is 42.7 Å². The molecule has 8 heteroatoms. The summed E-state index contributed by atoms with van der Waals surface area (Å²) in [6.07, 6.45) is 1.19. The van der Waals surface area contributed by atoms with Crippen LogP contribution < -0.4 is 0 Å². The zero-order chi connectivity index (χ0) is 19.8. The van der Waals surface area contributed by atoms with E-state index in [1.807, 2.05) is 0 Å². The number of benzene rings is 2. The molecule has 2 aromatic carbocycles. The number of nitrogens with zero attached hydrogens (tertiary/aromatic N) is 2. The number of ether oxygens (including phenoxy) is 1. The molecule has 0 unspecified atom stereocenters. The van der Waals surface area contributed by atoms with Crippen LogP contribution in [0.5, 0.6) is 0 Å². The van der Waals surface area contributed by atoms with Gasteiger partial charge in [0.1, 0.15) is 11.9 Å². The molecule has 1 aliphatic carbocycles. The fourth-order valence-corrected chi connectivity index (χ4v) is 3.90. The molecule has 0 fully saturated rings. The van der Waals surface area contributed by atoms with Crippen molar-refractivity contribution < 1.29 is 19.4 Å². The maximum atomic E-state index is 12.6. The lowest BCUT2D eigenvalue weighted by Crippen LogP contribution is -2.16. The van der Waals surface area contributed by atoms with Crippen molar-refractivity contribution in [2.45, 2.75) is 31.3 Å². The predicted octanol–water partition coefficient (Wildman–Crippen LogP) is 4.37. The van der Waals surface area contributed by atoms with E-state index in [0.29, 0.717) is 41.7 Å². The Bertz CT molecular complexity index is 1010. The summed E-state index contributed by atoms with van der Waals surface area (Å²) in [7, 11) is 0. The summed E-state index contributed by atoms with van der Waals surface area (Å²) in [4.78, 5) is 33.8. The molecule has 0 saturated heterocycles. The second-order valence-corrected chi connectivity index (χ2v) is 6.83. The lowest BCUT2D eigenvalue weighted by atomic mass is 9.80. The first-order valence-electron chi connectivity index (χ1n) is 8.87. The van der Waals surface area contributed by atoms with Gasteiger partial charge in [-0.1, -0.05) is 12.1 Å². The predicted molar refractivity (Wildman–Crippen MR) is 98.6 cm³/mol. The van der Waals surface area contributed by atoms with Crippen molar-refractivity contribution in [3.05, 3.63) is 91.2 Å². The maximum Gasteiger partial charge on any atom is 0.269 e. The van der Waals surface area contributed by atoms with Crippen LogP contribution in [0.4, 0.5) is 11.4 Å². The van der Waals surface area contributed by atoms with E-state index in [-0.39, 0.29) is 17.2 Å². The number of ketones is 1. The van der Waals surface area contributed by atoms with Gasteiger partial charge < -0.3 is 4.74 Å². The minimum Gasteiger partial charge on any atom is -0.489 e. The number of nitro benzene ring substituents is 2. The molecule has 1 aliphatic heterocycles. The van der Waals surface area contributed by atoms with Crippen LogP contribution in [0.15, 0.2) is 59.9 Å². The molecule has 0 saturated carbocycles. The summed E-state index contributed by atoms with van der Waals surface area (Å²) >= 11 is 0. The summed E-state index contributed by atoms with van der Waals surface area (Å²) in [6.45, 7) is 0. The van der Waals surface area contributed by atoms with Crippen molar-refractivity contribution in [1.82, 2.24) is 0 Å². The second kappa shape index (κ2) is 6.88. The summed E-state index contributed by atoms with van der Waals surface area (Å²) in [5.74, 6) is 0.127. The Labute approximate surface area is 159 Å². The highest BCUT2D eigenvalue weighted by Gasteiger charge is 2.43. The molecular weight excluding hydrogens is 364 g/mol. The second-order valence-electron chi connectivity index (χ2n) is 6.83. The number of Topliss-reactive ketones (excluding diaryl/α,β-unsaturated/α-hetero) is 1. The van der Waals surface area contributed by atoms with Crippen molar-refractivity contribution >= 4 is 17.2 Å². The third kappa shape index (κ3) is 3.02. The molecular formula is C20H16N2O6. The van der Waals surface area contributed by atoms with E-state index < -0.39 is 21.9 Å². The van der Waals surface area contributed by atoms with Crippen LogP contribution in [0.2, 0.25) is 0 Å². The third-order valence-electron chi connectivity index (χ3n) is 5.16. The standard InChI is InChI=1S/C20H16N2O6/c23-16-5-2-6-17-19(16)18(13-3-1-4-15(11-13)22(26)27)20(28-17)12-7-9-14(10-8-12)21(24)25/h1,3-4,7-11,18,20H,2,5-6H2/t18-,20+/m0/s1. The first kappa shape index (κ1) is 17.8. The minimum atomic E-state index is -0.560. The average molecular weight is 380 g/mol. The first-order valence-corrected chi connectivity index (χ1v) is 8.87. The molecule has 0 amide bonds. The van der Waals surface area contributed by atoms with Gasteiger partial charge in [-0.2, -0.15) is 0 Å². The Morgan fingerprint density at radius 2 is 1.61 bits per heavy atom. The molecule has 28 heavy (non-hydrogen) atoms. The number of hydrogen-bond donors (Lipinski definition) is 0. The van der Waals surface area contributed by atoms with Gasteiger partial charge in [-0.05, 0) is 29.7 Å². The van der Waals surface area contributed by atoms with Crippen molar-refractivity contribution in [2.24, 2.45) is 0 Å². The molecule has 0 spiro atoms. The van der Waals surface area contributed by atoms with Crippen LogP contribution >= 0.6 is 0 Å². The zero-order valence-corrected chi connectivity index (χ0v) is 14.7. The number of hydrogen-bond acceptors (Lipinski definition) is 6. The summed E-state index contributed by atoms with van der Waals surface area (Å²) in [6, 6.07) is 12.2. The highest BCUT2D eigenvalue weighted by molar-refractivity contribution is 5.98. The Morgan fingerprint density at radius 1 is 0.893 bits per heavy atom. The Kier molecular flexibility index (Phi) is 4.38. The van der Waals surface area contributed by atoms with E-state index in [1.165, 1.54) is 24.3 Å². The van der Waals surface area contributed by atoms with Gasteiger partial charge in [-0.3, -0.25) is 25.0 Å². The Balaban J connectivity index is 1.80. The van der Waals surface area contributed by atoms with Gasteiger partial charge in [0.2, 0.25) is 0 Å². The monoisotopic (exact) mass is 380 g/mol. The van der Waals surface area contributed by atoms with Crippen molar-refractivity contribution in [3.63, 3.8) is 0 Å². The Morgan fingerprint density at radius 3 is 2.29 bits per heavy atom. The van der Waals surface area contributed by atoms with Gasteiger partial charge in [-0.25, -0.2) is 0 Å². The number of non-ortho nitro benzene ring substituents is 2. The van der Waals surface area contributed by atoms with Crippen molar-refractivity contribution in [1.29, 1.82) is 0 Å². The summed E-state index contributed by atoms with van der Waals surface area (Å²) in [5, 5.41) is 22.1. The molecule has 142 valence electrons. The van der Waals surface area contributed by atoms with Crippen LogP contribution in [-0.2, 0) is 9.53 Å². The summed E-state index contributed by atoms with van der Waals surface area (Å²) < 4.78 is 6.11. The van der Waals surface area contributed by atoms with Crippen LogP contribution in [-0.4, -0.2) is 15.6 Å². The fraction of sp³-hybridized carbons (Fsp3) is 0.250. The maximum absolute atomic E-state index is 12.6. The molecule has 0 aromatic heterocycles. The SMILES string of the molecule is O=C1CCCC2=C1[C@H](c1cccc([N+](=O)[O-])c1)[C@@H](c1ccc([N+](=O)[O-])cc1)O2. The van der Waals surface area contributed by atoms with Gasteiger partial charge >= 0.3 is 0 Å². The van der Waals surface area contributed by atoms with Gasteiger partial charge in [0.15, 0.2) is 5.78 Å². The number of rotatable bonds is 4. The number of nitro groups is 2. The van der Waals surface area contributed by atoms with Gasteiger partial charge in [0.05, 0.1) is 15.8 Å². The number of carbonyl (C=O) groups excluding carboxylic acids is 1. The molecule has 0 N–H and O–H groups in total. The molecule has 2 atom stereocenters. The van der Waals surface area contributed by atoms with E-state index in [9.17, 15) is 25.0 Å². The number of carbonyl (C=O) groups is 1. The minimum absolute atomic E-state index is 0.0119. The molecule has 2 aromatic rings. The molecule has 2 aliphatic rings. The summed E-state index contributed by atoms with van der Waals surface area (Å²) in [5.41, 5.74) is 1.77. The Hall–Kier alpha value is -3.55. The van der Waals surface area contributed by atoms with E-state index in [1.54, 1.807) is 24.3 Å². The third-order valence-corrected chi connectivity index (χ3v) is 5.16. The molecule has 0 radical (unpaired) electrons. The van der Waals surface area contributed by atoms with Gasteiger partial charge in [0.25, 0.3) is 11.4 Å². The van der Waals surface area contributed by atoms with E-state index in [4.69, 9.17) is 4.74 Å². The van der Waals surface area contributed by atoms with E-state index in [0.717, 1.165) is 0 Å². The van der Waals surface area contributed by atoms with Crippen molar-refractivity contribution in [2.75, 3.05) is 0 Å². The molecule has 1 heterocycles. The largest absolute Gasteiger partial charge is 0.489 e.